The number of rotatable bonds is 19. The fourth-order valence-electron chi connectivity index (χ4n) is 3.82. The molecule has 1 fully saturated rings. The van der Waals surface area contributed by atoms with Crippen molar-refractivity contribution >= 4 is 10.9 Å². The number of unbranched alkanes of at least 4 members (excludes halogenated alkanes) is 9. The highest BCUT2D eigenvalue weighted by atomic mass is 32.2. The van der Waals surface area contributed by atoms with Crippen LogP contribution in [0.25, 0.3) is 0 Å². The monoisotopic (exact) mass is 497 g/mol. The molecule has 6 N–H and O–H groups in total. The van der Waals surface area contributed by atoms with Crippen molar-refractivity contribution in [2.24, 2.45) is 0 Å². The number of nitro groups is 1. The van der Waals surface area contributed by atoms with E-state index in [9.17, 15) is 30.5 Å². The summed E-state index contributed by atoms with van der Waals surface area (Å²) in [7, 11) is -1.23. The normalized spacial score (nSPS) is 27.4. The molecule has 0 spiro atoms. The van der Waals surface area contributed by atoms with Crippen LogP contribution in [0.1, 0.15) is 77.6 Å². The lowest BCUT2D eigenvalue weighted by atomic mass is 9.97. The molecule has 1 aliphatic heterocycles. The number of ether oxygens (including phenoxy) is 2. The van der Waals surface area contributed by atoms with Gasteiger partial charge in [0.1, 0.15) is 11.5 Å². The number of hydrogen-bond donors (Lipinski definition) is 6. The zero-order valence-electron chi connectivity index (χ0n) is 19.6. The average molecular weight is 498 g/mol. The van der Waals surface area contributed by atoms with E-state index in [1.807, 2.05) is 0 Å². The molecule has 11 nitrogen and oxygen atoms in total. The van der Waals surface area contributed by atoms with E-state index in [1.54, 1.807) is 0 Å². The predicted molar refractivity (Wildman–Crippen MR) is 125 cm³/mol. The predicted octanol–water partition coefficient (Wildman–Crippen LogP) is 1.60. The highest BCUT2D eigenvalue weighted by Gasteiger charge is 2.52. The van der Waals surface area contributed by atoms with Crippen molar-refractivity contribution in [3.05, 3.63) is 10.1 Å². The Kier molecular flexibility index (Phi) is 16.2. The van der Waals surface area contributed by atoms with Gasteiger partial charge in [-0.2, -0.15) is 0 Å². The summed E-state index contributed by atoms with van der Waals surface area (Å²) in [5.41, 5.74) is -0.850. The third-order valence-corrected chi connectivity index (χ3v) is 7.18. The van der Waals surface area contributed by atoms with Gasteiger partial charge in [-0.15, -0.1) is 0 Å². The van der Waals surface area contributed by atoms with Crippen molar-refractivity contribution in [2.45, 2.75) is 114 Å². The minimum Gasteiger partial charge on any atom is -0.396 e. The van der Waals surface area contributed by atoms with Gasteiger partial charge in [0.15, 0.2) is 18.5 Å². The second-order valence-corrected chi connectivity index (χ2v) is 9.96. The van der Waals surface area contributed by atoms with E-state index < -0.39 is 58.5 Å². The first-order valence-electron chi connectivity index (χ1n) is 12.1. The molecule has 0 radical (unpaired) electrons. The Morgan fingerprint density at radius 1 is 1.06 bits per heavy atom. The van der Waals surface area contributed by atoms with Gasteiger partial charge in [-0.25, -0.2) is 0 Å². The molecule has 7 atom stereocenters. The summed E-state index contributed by atoms with van der Waals surface area (Å²) < 4.78 is 22.3. The number of aliphatic hydroxyl groups is 4. The van der Waals surface area contributed by atoms with Crippen LogP contribution in [0.5, 0.6) is 0 Å². The lowest BCUT2D eigenvalue weighted by Gasteiger charge is -2.39. The Morgan fingerprint density at radius 3 is 2.15 bits per heavy atom. The number of nitrogens with one attached hydrogen (secondary N) is 2. The van der Waals surface area contributed by atoms with Crippen molar-refractivity contribution in [1.82, 2.24) is 4.72 Å². The van der Waals surface area contributed by atoms with Crippen molar-refractivity contribution < 1.29 is 34.8 Å². The smallest absolute Gasteiger partial charge is 0.269 e. The Hall–Kier alpha value is -0.730. The van der Waals surface area contributed by atoms with E-state index in [0.717, 1.165) is 19.3 Å². The largest absolute Gasteiger partial charge is 0.396 e. The van der Waals surface area contributed by atoms with E-state index >= 15 is 0 Å². The topological polar surface area (TPSA) is 178 Å². The summed E-state index contributed by atoms with van der Waals surface area (Å²) in [6.07, 6.45) is 5.85. The Morgan fingerprint density at radius 2 is 1.64 bits per heavy atom. The second kappa shape index (κ2) is 17.7. The van der Waals surface area contributed by atoms with Gasteiger partial charge in [0, 0.05) is 24.5 Å². The molecule has 0 aromatic heterocycles. The van der Waals surface area contributed by atoms with E-state index in [-0.39, 0.29) is 13.0 Å². The van der Waals surface area contributed by atoms with E-state index in [0.29, 0.717) is 6.54 Å². The standard InChI is InChI=1S/C21H43N3O8S/c1-2-3-4-5-6-7-8-9-10-11-13-23-33(22)17(12-14-25)32-21-20(28)19(27)18(24(29)30)16(15-26)31-21/h16-21,25-28H,2-15H2,1H3,(H2,22,23)/t16?,17-,18+,19?,20+,21+,33?/m0/s1. The number of hydrogen-bond acceptors (Lipinski definition) is 9. The first-order valence-corrected chi connectivity index (χ1v) is 13.4. The van der Waals surface area contributed by atoms with Gasteiger partial charge < -0.3 is 29.9 Å². The molecular formula is C21H43N3O8S. The van der Waals surface area contributed by atoms with E-state index in [2.05, 4.69) is 11.6 Å². The molecule has 0 aromatic rings. The van der Waals surface area contributed by atoms with Gasteiger partial charge in [0.25, 0.3) is 6.04 Å². The molecule has 1 heterocycles. The molecule has 33 heavy (non-hydrogen) atoms. The molecule has 1 aliphatic rings. The summed E-state index contributed by atoms with van der Waals surface area (Å²) in [6, 6.07) is -1.69. The summed E-state index contributed by atoms with van der Waals surface area (Å²) in [5, 5.41) is 50.2. The quantitative estimate of drug-likeness (QED) is 0.0878. The number of nitrogens with zero attached hydrogens (tertiary/aromatic N) is 1. The van der Waals surface area contributed by atoms with E-state index in [1.165, 1.54) is 44.9 Å². The maximum Gasteiger partial charge on any atom is 0.269 e. The van der Waals surface area contributed by atoms with Crippen LogP contribution < -0.4 is 4.72 Å². The van der Waals surface area contributed by atoms with Crippen LogP contribution in [0.2, 0.25) is 0 Å². The lowest BCUT2D eigenvalue weighted by molar-refractivity contribution is -0.564. The van der Waals surface area contributed by atoms with Gasteiger partial charge in [-0.3, -0.25) is 19.6 Å². The van der Waals surface area contributed by atoms with Gasteiger partial charge in [-0.05, 0) is 17.3 Å². The molecule has 0 amide bonds. The molecular weight excluding hydrogens is 454 g/mol. The highest BCUT2D eigenvalue weighted by Crippen LogP contribution is 2.25. The molecule has 12 heteroatoms. The summed E-state index contributed by atoms with van der Waals surface area (Å²) >= 11 is 0. The fraction of sp³-hybridized carbons (Fsp3) is 1.00. The van der Waals surface area contributed by atoms with Crippen LogP contribution >= 0.6 is 0 Å². The minimum absolute atomic E-state index is 0.0861. The number of aliphatic hydroxyl groups excluding tert-OH is 4. The Labute approximate surface area is 199 Å². The van der Waals surface area contributed by atoms with Crippen LogP contribution in [-0.4, -0.2) is 81.2 Å². The van der Waals surface area contributed by atoms with Crippen LogP contribution in [0, 0.1) is 14.9 Å². The third-order valence-electron chi connectivity index (χ3n) is 5.79. The van der Waals surface area contributed by atoms with E-state index in [4.69, 9.17) is 14.3 Å². The molecule has 1 rings (SSSR count). The summed E-state index contributed by atoms with van der Waals surface area (Å²) in [4.78, 5) is 10.3. The van der Waals surface area contributed by atoms with Crippen LogP contribution in [0.4, 0.5) is 0 Å². The molecule has 0 aliphatic carbocycles. The maximum absolute atomic E-state index is 11.1. The zero-order chi connectivity index (χ0) is 24.6. The minimum atomic E-state index is -1.79. The molecule has 3 unspecified atom stereocenters. The summed E-state index contributed by atoms with van der Waals surface area (Å²) in [5.74, 6) is 0. The van der Waals surface area contributed by atoms with Crippen LogP contribution in [0.15, 0.2) is 0 Å². The van der Waals surface area contributed by atoms with Crippen LogP contribution in [-0.2, 0) is 20.4 Å². The second-order valence-electron chi connectivity index (χ2n) is 8.47. The SMILES string of the molecule is CCCCCCCCCCCCNS(=N)[C@@H](CCO)O[C@H]1OC(CO)[C@@H]([N+](=O)[O-])C(O)[C@H]1O. The Balaban J connectivity index is 2.38. The van der Waals surface area contributed by atoms with Crippen molar-refractivity contribution in [3.8, 4) is 0 Å². The molecule has 0 bridgehead atoms. The first-order chi connectivity index (χ1) is 15.9. The molecule has 0 aromatic carbocycles. The molecule has 196 valence electrons. The molecule has 1 saturated heterocycles. The van der Waals surface area contributed by atoms with Gasteiger partial charge in [0.05, 0.1) is 6.61 Å². The van der Waals surface area contributed by atoms with Gasteiger partial charge >= 0.3 is 0 Å². The first kappa shape index (κ1) is 30.3. The fourth-order valence-corrected chi connectivity index (χ4v) is 4.94. The summed E-state index contributed by atoms with van der Waals surface area (Å²) in [6.45, 7) is 1.82. The zero-order valence-corrected chi connectivity index (χ0v) is 20.5. The molecule has 0 saturated carbocycles. The third kappa shape index (κ3) is 11.0. The van der Waals surface area contributed by atoms with Gasteiger partial charge in [-0.1, -0.05) is 64.7 Å². The Bertz CT molecular complexity index is 558. The van der Waals surface area contributed by atoms with Crippen molar-refractivity contribution in [3.63, 3.8) is 0 Å². The highest BCUT2D eigenvalue weighted by molar-refractivity contribution is 7.84. The van der Waals surface area contributed by atoms with Gasteiger partial charge in [0.2, 0.25) is 0 Å². The van der Waals surface area contributed by atoms with Crippen LogP contribution in [0.3, 0.4) is 0 Å². The maximum atomic E-state index is 11.1. The van der Waals surface area contributed by atoms with Crippen molar-refractivity contribution in [2.75, 3.05) is 19.8 Å². The lowest BCUT2D eigenvalue weighted by Crippen LogP contribution is -2.62. The van der Waals surface area contributed by atoms with Crippen molar-refractivity contribution in [1.29, 1.82) is 4.78 Å². The average Bonchev–Trinajstić information content (AvgIpc) is 2.79.